The van der Waals surface area contributed by atoms with Crippen LogP contribution in [0.2, 0.25) is 0 Å². The molecule has 0 aliphatic carbocycles. The van der Waals surface area contributed by atoms with Crippen LogP contribution in [0.15, 0.2) is 67.0 Å². The highest BCUT2D eigenvalue weighted by Crippen LogP contribution is 2.35. The van der Waals surface area contributed by atoms with Crippen LogP contribution in [0, 0.1) is 0 Å². The Hall–Kier alpha value is -3.22. The van der Waals surface area contributed by atoms with E-state index in [-0.39, 0.29) is 0 Å². The van der Waals surface area contributed by atoms with Crippen LogP contribution < -0.4 is 14.8 Å². The monoisotopic (exact) mass is 403 g/mol. The molecule has 3 aromatic rings. The number of benzene rings is 2. The quantitative estimate of drug-likeness (QED) is 0.649. The van der Waals surface area contributed by atoms with Crippen molar-refractivity contribution in [3.05, 3.63) is 89.3 Å². The molecular weight excluding hydrogens is 378 g/mol. The first-order valence-corrected chi connectivity index (χ1v) is 9.88. The minimum absolute atomic E-state index is 0.341. The van der Waals surface area contributed by atoms with E-state index in [1.165, 1.54) is 5.56 Å². The molecule has 6 nitrogen and oxygen atoms in total. The molecule has 0 amide bonds. The molecule has 0 bridgehead atoms. The number of nitrogens with zero attached hydrogens (tertiary/aromatic N) is 2. The molecule has 30 heavy (non-hydrogen) atoms. The standard InChI is InChI=1S/C24H25N3O3/c1-28-21-9-8-20-11-13-27-24(22(20)14-21,30-17-18-6-4-3-5-7-18)12-10-19-15-25-23(29-2)26-16-19/h3-10,12,14-16,27H,11,13,17H2,1-2H3/b12-10+. The third-order valence-electron chi connectivity index (χ3n) is 5.15. The number of hydrogen-bond donors (Lipinski definition) is 1. The fourth-order valence-corrected chi connectivity index (χ4v) is 3.55. The van der Waals surface area contributed by atoms with Crippen LogP contribution in [0.3, 0.4) is 0 Å². The lowest BCUT2D eigenvalue weighted by Crippen LogP contribution is -2.48. The Kier molecular flexibility index (Phi) is 6.07. The van der Waals surface area contributed by atoms with Crippen LogP contribution in [-0.2, 0) is 23.5 Å². The second-order valence-corrected chi connectivity index (χ2v) is 7.05. The van der Waals surface area contributed by atoms with Gasteiger partial charge in [-0.05, 0) is 35.8 Å². The van der Waals surface area contributed by atoms with Gasteiger partial charge in [0.05, 0.1) is 20.8 Å². The Bertz CT molecular complexity index is 1010. The molecule has 0 radical (unpaired) electrons. The minimum atomic E-state index is -0.794. The van der Waals surface area contributed by atoms with Crippen LogP contribution in [0.5, 0.6) is 11.8 Å². The van der Waals surface area contributed by atoms with Crippen molar-refractivity contribution in [2.45, 2.75) is 18.8 Å². The maximum Gasteiger partial charge on any atom is 0.316 e. The van der Waals surface area contributed by atoms with Crippen LogP contribution >= 0.6 is 0 Å². The topological polar surface area (TPSA) is 65.5 Å². The van der Waals surface area contributed by atoms with Crippen molar-refractivity contribution in [2.24, 2.45) is 0 Å². The summed E-state index contributed by atoms with van der Waals surface area (Å²) in [6, 6.07) is 16.6. The summed E-state index contributed by atoms with van der Waals surface area (Å²) >= 11 is 0. The molecule has 1 atom stereocenters. The number of hydrogen-bond acceptors (Lipinski definition) is 6. The van der Waals surface area contributed by atoms with E-state index in [1.807, 2.05) is 42.5 Å². The maximum absolute atomic E-state index is 6.53. The summed E-state index contributed by atoms with van der Waals surface area (Å²) in [7, 11) is 3.22. The smallest absolute Gasteiger partial charge is 0.316 e. The van der Waals surface area contributed by atoms with Gasteiger partial charge in [-0.25, -0.2) is 9.97 Å². The van der Waals surface area contributed by atoms with Gasteiger partial charge in [0.25, 0.3) is 0 Å². The van der Waals surface area contributed by atoms with E-state index in [0.717, 1.165) is 35.4 Å². The number of ether oxygens (including phenoxy) is 3. The Morgan fingerprint density at radius 1 is 1.03 bits per heavy atom. The predicted octanol–water partition coefficient (Wildman–Crippen LogP) is 3.72. The van der Waals surface area contributed by atoms with Crippen LogP contribution in [0.1, 0.15) is 22.3 Å². The van der Waals surface area contributed by atoms with Crippen molar-refractivity contribution in [1.29, 1.82) is 0 Å². The molecule has 0 fully saturated rings. The first kappa shape index (κ1) is 20.1. The Labute approximate surface area is 176 Å². The van der Waals surface area contributed by atoms with E-state index in [2.05, 4.69) is 33.5 Å². The molecule has 1 N–H and O–H groups in total. The second kappa shape index (κ2) is 9.07. The number of aromatic nitrogens is 2. The van der Waals surface area contributed by atoms with Crippen molar-refractivity contribution < 1.29 is 14.2 Å². The van der Waals surface area contributed by atoms with Crippen LogP contribution in [0.4, 0.5) is 0 Å². The average Bonchev–Trinajstić information content (AvgIpc) is 2.82. The van der Waals surface area contributed by atoms with Gasteiger partial charge in [0.15, 0.2) is 5.72 Å². The number of fused-ring (bicyclic) bond motifs is 1. The lowest BCUT2D eigenvalue weighted by atomic mass is 9.90. The van der Waals surface area contributed by atoms with E-state index in [9.17, 15) is 0 Å². The number of nitrogens with one attached hydrogen (secondary N) is 1. The maximum atomic E-state index is 6.53. The first-order valence-electron chi connectivity index (χ1n) is 9.88. The summed E-state index contributed by atoms with van der Waals surface area (Å²) in [4.78, 5) is 8.37. The van der Waals surface area contributed by atoms with Crippen molar-refractivity contribution >= 4 is 6.08 Å². The molecule has 1 aromatic heterocycles. The summed E-state index contributed by atoms with van der Waals surface area (Å²) in [6.07, 6.45) is 8.37. The molecule has 0 spiro atoms. The summed E-state index contributed by atoms with van der Waals surface area (Å²) in [5.74, 6) is 0.798. The summed E-state index contributed by atoms with van der Waals surface area (Å²) in [5.41, 5.74) is 3.45. The fourth-order valence-electron chi connectivity index (χ4n) is 3.55. The van der Waals surface area contributed by atoms with Crippen molar-refractivity contribution in [3.63, 3.8) is 0 Å². The van der Waals surface area contributed by atoms with Gasteiger partial charge < -0.3 is 14.2 Å². The largest absolute Gasteiger partial charge is 0.497 e. The van der Waals surface area contributed by atoms with Gasteiger partial charge >= 0.3 is 6.01 Å². The van der Waals surface area contributed by atoms with E-state index in [1.54, 1.807) is 26.6 Å². The molecule has 1 aliphatic rings. The Balaban J connectivity index is 1.71. The van der Waals surface area contributed by atoms with Gasteiger partial charge in [0.1, 0.15) is 5.75 Å². The zero-order valence-corrected chi connectivity index (χ0v) is 17.2. The van der Waals surface area contributed by atoms with Gasteiger partial charge in [-0.15, -0.1) is 0 Å². The average molecular weight is 403 g/mol. The Morgan fingerprint density at radius 3 is 2.57 bits per heavy atom. The normalized spacial score (nSPS) is 18.2. The van der Waals surface area contributed by atoms with Gasteiger partial charge in [-0.3, -0.25) is 5.32 Å². The first-order chi connectivity index (χ1) is 14.7. The van der Waals surface area contributed by atoms with E-state index in [0.29, 0.717) is 12.6 Å². The zero-order chi connectivity index (χ0) is 20.8. The summed E-state index contributed by atoms with van der Waals surface area (Å²) in [6.45, 7) is 1.27. The third-order valence-corrected chi connectivity index (χ3v) is 5.15. The third kappa shape index (κ3) is 4.35. The van der Waals surface area contributed by atoms with Gasteiger partial charge in [-0.1, -0.05) is 42.5 Å². The molecule has 0 saturated heterocycles. The molecule has 2 heterocycles. The predicted molar refractivity (Wildman–Crippen MR) is 115 cm³/mol. The zero-order valence-electron chi connectivity index (χ0n) is 17.2. The van der Waals surface area contributed by atoms with Crippen molar-refractivity contribution in [3.8, 4) is 11.8 Å². The molecule has 154 valence electrons. The highest BCUT2D eigenvalue weighted by atomic mass is 16.5. The summed E-state index contributed by atoms with van der Waals surface area (Å²) < 4.78 is 17.1. The molecule has 4 rings (SSSR count). The van der Waals surface area contributed by atoms with Gasteiger partial charge in [0.2, 0.25) is 0 Å². The SMILES string of the molecule is COc1ccc2c(c1)C(/C=C/c1cnc(OC)nc1)(OCc1ccccc1)NCC2. The van der Waals surface area contributed by atoms with E-state index in [4.69, 9.17) is 14.2 Å². The number of methoxy groups -OCH3 is 2. The van der Waals surface area contributed by atoms with E-state index < -0.39 is 5.72 Å². The molecule has 1 aliphatic heterocycles. The highest BCUT2D eigenvalue weighted by molar-refractivity contribution is 5.52. The molecule has 0 saturated carbocycles. The van der Waals surface area contributed by atoms with Gasteiger partial charge in [-0.2, -0.15) is 0 Å². The van der Waals surface area contributed by atoms with E-state index >= 15 is 0 Å². The minimum Gasteiger partial charge on any atom is -0.497 e. The number of rotatable bonds is 7. The fraction of sp³-hybridized carbons (Fsp3) is 0.250. The van der Waals surface area contributed by atoms with Crippen LogP contribution in [-0.4, -0.2) is 30.7 Å². The molecule has 2 aromatic carbocycles. The lowest BCUT2D eigenvalue weighted by molar-refractivity contribution is -0.0536. The van der Waals surface area contributed by atoms with Crippen molar-refractivity contribution in [1.82, 2.24) is 15.3 Å². The Morgan fingerprint density at radius 2 is 1.83 bits per heavy atom. The lowest BCUT2D eigenvalue weighted by Gasteiger charge is -2.38. The molecular formula is C24H25N3O3. The van der Waals surface area contributed by atoms with Crippen molar-refractivity contribution in [2.75, 3.05) is 20.8 Å². The highest BCUT2D eigenvalue weighted by Gasteiger charge is 2.35. The summed E-state index contributed by atoms with van der Waals surface area (Å²) in [5, 5.41) is 3.57. The molecule has 1 unspecified atom stereocenters. The molecule has 6 heteroatoms. The van der Waals surface area contributed by atoms with Gasteiger partial charge in [0, 0.05) is 30.1 Å². The van der Waals surface area contributed by atoms with Crippen LogP contribution in [0.25, 0.3) is 6.08 Å². The second-order valence-electron chi connectivity index (χ2n) is 7.05.